The van der Waals surface area contributed by atoms with Gasteiger partial charge >= 0.3 is 0 Å². The van der Waals surface area contributed by atoms with E-state index < -0.39 is 0 Å². The number of carbonyl (C=O) groups is 2. The Morgan fingerprint density at radius 1 is 0.886 bits per heavy atom. The van der Waals surface area contributed by atoms with Gasteiger partial charge in [0.05, 0.1) is 11.3 Å². The zero-order valence-corrected chi connectivity index (χ0v) is 22.0. The smallest absolute Gasteiger partial charge is 0.255 e. The summed E-state index contributed by atoms with van der Waals surface area (Å²) in [6.45, 7) is 12.5. The predicted molar refractivity (Wildman–Crippen MR) is 142 cm³/mol. The van der Waals surface area contributed by atoms with Crippen LogP contribution in [0.15, 0.2) is 54.6 Å². The third kappa shape index (κ3) is 5.46. The quantitative estimate of drug-likeness (QED) is 0.440. The molecule has 35 heavy (non-hydrogen) atoms. The topological polar surface area (TPSA) is 45.6 Å². The number of hydrogen-bond donors (Lipinski definition) is 0. The van der Waals surface area contributed by atoms with Crippen molar-refractivity contribution in [3.63, 3.8) is 0 Å². The van der Waals surface area contributed by atoms with E-state index in [-0.39, 0.29) is 17.2 Å². The molecule has 1 aromatic heterocycles. The summed E-state index contributed by atoms with van der Waals surface area (Å²) >= 11 is 6.14. The number of aromatic nitrogens is 1. The first-order valence-corrected chi connectivity index (χ1v) is 12.5. The molecule has 1 fully saturated rings. The summed E-state index contributed by atoms with van der Waals surface area (Å²) in [5.74, 6) is 0.171. The van der Waals surface area contributed by atoms with E-state index in [1.807, 2.05) is 59.2 Å². The Bertz CT molecular complexity index is 1230. The molecule has 0 unspecified atom stereocenters. The van der Waals surface area contributed by atoms with Crippen molar-refractivity contribution in [3.8, 4) is 16.9 Å². The van der Waals surface area contributed by atoms with Gasteiger partial charge in [-0.1, -0.05) is 62.7 Å². The molecule has 0 aliphatic carbocycles. The molecule has 0 N–H and O–H groups in total. The molecule has 5 nitrogen and oxygen atoms in total. The highest BCUT2D eigenvalue weighted by atomic mass is 35.5. The van der Waals surface area contributed by atoms with Crippen LogP contribution in [0.3, 0.4) is 0 Å². The molecule has 4 rings (SSSR count). The molecule has 1 aliphatic rings. The fourth-order valence-electron chi connectivity index (χ4n) is 4.68. The van der Waals surface area contributed by atoms with E-state index in [2.05, 4.69) is 44.4 Å². The highest BCUT2D eigenvalue weighted by molar-refractivity contribution is 6.30. The molecule has 1 saturated heterocycles. The highest BCUT2D eigenvalue weighted by Gasteiger charge is 2.29. The maximum atomic E-state index is 13.7. The first-order valence-electron chi connectivity index (χ1n) is 12.2. The van der Waals surface area contributed by atoms with Crippen molar-refractivity contribution in [2.24, 2.45) is 5.41 Å². The largest absolute Gasteiger partial charge is 0.339 e. The molecule has 2 aromatic carbocycles. The van der Waals surface area contributed by atoms with Gasteiger partial charge in [-0.25, -0.2) is 0 Å². The van der Waals surface area contributed by atoms with Gasteiger partial charge in [0, 0.05) is 49.0 Å². The number of benzene rings is 2. The summed E-state index contributed by atoms with van der Waals surface area (Å²) in [4.78, 5) is 30.1. The fraction of sp³-hybridized carbons (Fsp3) is 0.379. The van der Waals surface area contributed by atoms with Gasteiger partial charge < -0.3 is 14.4 Å². The minimum Gasteiger partial charge on any atom is -0.339 e. The van der Waals surface area contributed by atoms with E-state index in [4.69, 9.17) is 11.6 Å². The maximum Gasteiger partial charge on any atom is 0.255 e. The molecular weight excluding hydrogens is 458 g/mol. The molecule has 0 saturated carbocycles. The molecule has 2 heterocycles. The van der Waals surface area contributed by atoms with Crippen LogP contribution in [-0.4, -0.2) is 52.4 Å². The van der Waals surface area contributed by atoms with Crippen LogP contribution in [0.5, 0.6) is 0 Å². The molecule has 184 valence electrons. The number of aryl methyl sites for hydroxylation is 1. The number of halogens is 1. The fourth-order valence-corrected chi connectivity index (χ4v) is 4.80. The van der Waals surface area contributed by atoms with Gasteiger partial charge in [-0.2, -0.15) is 0 Å². The zero-order valence-electron chi connectivity index (χ0n) is 21.3. The van der Waals surface area contributed by atoms with E-state index in [1.165, 1.54) is 0 Å². The van der Waals surface area contributed by atoms with Crippen molar-refractivity contribution in [2.45, 2.75) is 41.0 Å². The molecule has 0 radical (unpaired) electrons. The zero-order chi connectivity index (χ0) is 25.3. The molecule has 6 heteroatoms. The van der Waals surface area contributed by atoms with Gasteiger partial charge in [-0.05, 0) is 54.7 Å². The van der Waals surface area contributed by atoms with E-state index in [1.54, 1.807) is 0 Å². The first kappa shape index (κ1) is 25.1. The number of para-hydroxylation sites is 1. The number of amides is 2. The lowest BCUT2D eigenvalue weighted by Gasteiger charge is -2.36. The SMILES string of the molecule is Cc1ccccc1-n1c(-c2ccc(Cl)cc2)cc(C(=O)N2CCN(C(=O)CC(C)(C)C)CC2)c1C. The van der Waals surface area contributed by atoms with Crippen LogP contribution in [0.4, 0.5) is 0 Å². The number of carbonyl (C=O) groups excluding carboxylic acids is 2. The second kappa shape index (κ2) is 9.90. The van der Waals surface area contributed by atoms with Crippen LogP contribution in [0.1, 0.15) is 48.8 Å². The normalized spacial score (nSPS) is 14.3. The average molecular weight is 492 g/mol. The van der Waals surface area contributed by atoms with Gasteiger partial charge in [0.15, 0.2) is 0 Å². The molecule has 0 bridgehead atoms. The monoisotopic (exact) mass is 491 g/mol. The summed E-state index contributed by atoms with van der Waals surface area (Å²) < 4.78 is 2.16. The molecule has 0 spiro atoms. The maximum absolute atomic E-state index is 13.7. The van der Waals surface area contributed by atoms with Gasteiger partial charge in [-0.3, -0.25) is 9.59 Å². The van der Waals surface area contributed by atoms with Crippen molar-refractivity contribution >= 4 is 23.4 Å². The molecule has 0 atom stereocenters. The van der Waals surface area contributed by atoms with E-state index >= 15 is 0 Å². The summed E-state index contributed by atoms with van der Waals surface area (Å²) in [5, 5.41) is 0.676. The Labute approximate surface area is 213 Å². The van der Waals surface area contributed by atoms with E-state index in [0.717, 1.165) is 28.2 Å². The molecule has 3 aromatic rings. The van der Waals surface area contributed by atoms with Crippen LogP contribution in [-0.2, 0) is 4.79 Å². The second-order valence-electron chi connectivity index (χ2n) is 10.6. The Morgan fingerprint density at radius 2 is 1.49 bits per heavy atom. The number of nitrogens with zero attached hydrogens (tertiary/aromatic N) is 3. The lowest BCUT2D eigenvalue weighted by atomic mass is 9.91. The van der Waals surface area contributed by atoms with E-state index in [9.17, 15) is 9.59 Å². The Hall–Kier alpha value is -3.05. The van der Waals surface area contributed by atoms with E-state index in [0.29, 0.717) is 43.2 Å². The third-order valence-corrected chi connectivity index (χ3v) is 6.83. The lowest BCUT2D eigenvalue weighted by molar-refractivity contribution is -0.134. The summed E-state index contributed by atoms with van der Waals surface area (Å²) in [6, 6.07) is 17.9. The minimum atomic E-state index is -0.0440. The van der Waals surface area contributed by atoms with Crippen LogP contribution >= 0.6 is 11.6 Å². The van der Waals surface area contributed by atoms with Crippen molar-refractivity contribution in [3.05, 3.63) is 76.4 Å². The number of piperazine rings is 1. The van der Waals surface area contributed by atoms with Gasteiger partial charge in [0.1, 0.15) is 0 Å². The van der Waals surface area contributed by atoms with Gasteiger partial charge in [0.2, 0.25) is 5.91 Å². The van der Waals surface area contributed by atoms with Gasteiger partial charge in [0.25, 0.3) is 5.91 Å². The van der Waals surface area contributed by atoms with Crippen molar-refractivity contribution in [1.82, 2.24) is 14.4 Å². The van der Waals surface area contributed by atoms with Crippen LogP contribution in [0, 0.1) is 19.3 Å². The van der Waals surface area contributed by atoms with Crippen LogP contribution in [0.2, 0.25) is 5.02 Å². The molecule has 1 aliphatic heterocycles. The molecule has 2 amide bonds. The average Bonchev–Trinajstić information content (AvgIpc) is 3.15. The van der Waals surface area contributed by atoms with Crippen molar-refractivity contribution in [1.29, 1.82) is 0 Å². The third-order valence-electron chi connectivity index (χ3n) is 6.58. The van der Waals surface area contributed by atoms with Crippen LogP contribution in [0.25, 0.3) is 16.9 Å². The van der Waals surface area contributed by atoms with Gasteiger partial charge in [-0.15, -0.1) is 0 Å². The number of hydrogen-bond acceptors (Lipinski definition) is 2. The standard InChI is InChI=1S/C29H34ClN3O2/c1-20-8-6-7-9-25(20)33-21(2)24(18-26(33)22-10-12-23(30)13-11-22)28(35)32-16-14-31(15-17-32)27(34)19-29(3,4)5/h6-13,18H,14-17,19H2,1-5H3. The predicted octanol–water partition coefficient (Wildman–Crippen LogP) is 6.14. The second-order valence-corrected chi connectivity index (χ2v) is 11.0. The Balaban J connectivity index is 1.64. The highest BCUT2D eigenvalue weighted by Crippen LogP contribution is 2.32. The summed E-state index contributed by atoms with van der Waals surface area (Å²) in [5.41, 5.74) is 5.68. The minimum absolute atomic E-state index is 0.00738. The Morgan fingerprint density at radius 3 is 2.09 bits per heavy atom. The first-order chi connectivity index (χ1) is 16.5. The molecular formula is C29H34ClN3O2. The Kier molecular flexibility index (Phi) is 7.09. The van der Waals surface area contributed by atoms with Crippen molar-refractivity contribution < 1.29 is 9.59 Å². The van der Waals surface area contributed by atoms with Crippen molar-refractivity contribution in [2.75, 3.05) is 26.2 Å². The number of rotatable bonds is 4. The van der Waals surface area contributed by atoms with Crippen LogP contribution < -0.4 is 0 Å². The lowest BCUT2D eigenvalue weighted by Crippen LogP contribution is -2.51. The summed E-state index contributed by atoms with van der Waals surface area (Å²) in [7, 11) is 0. The summed E-state index contributed by atoms with van der Waals surface area (Å²) in [6.07, 6.45) is 0.518.